The number of hydrogen-bond acceptors (Lipinski definition) is 2. The van der Waals surface area contributed by atoms with E-state index in [9.17, 15) is 0 Å². The SMILES string of the molecule is CC(C)(C)C(=S)[S-].C[N+](C)(C)Cc1ccccc1. The number of hydrogen-bond donors (Lipinski definition) is 0. The van der Waals surface area contributed by atoms with Crippen molar-refractivity contribution in [2.24, 2.45) is 5.41 Å². The molecule has 0 radical (unpaired) electrons. The third-order valence-corrected chi connectivity index (χ3v) is 3.34. The first-order chi connectivity index (χ1) is 8.02. The fraction of sp³-hybridized carbons (Fsp3) is 0.533. The first-order valence-electron chi connectivity index (χ1n) is 6.08. The summed E-state index contributed by atoms with van der Waals surface area (Å²) >= 11 is 9.50. The molecule has 0 aliphatic carbocycles. The van der Waals surface area contributed by atoms with Crippen LogP contribution in [-0.2, 0) is 19.2 Å². The van der Waals surface area contributed by atoms with Gasteiger partial charge in [-0.25, -0.2) is 0 Å². The van der Waals surface area contributed by atoms with E-state index >= 15 is 0 Å². The van der Waals surface area contributed by atoms with E-state index in [-0.39, 0.29) is 5.41 Å². The van der Waals surface area contributed by atoms with Gasteiger partial charge in [-0.15, -0.1) is 4.20 Å². The lowest BCUT2D eigenvalue weighted by molar-refractivity contribution is -0.884. The Labute approximate surface area is 123 Å². The fourth-order valence-electron chi connectivity index (χ4n) is 1.13. The van der Waals surface area contributed by atoms with Crippen LogP contribution in [0.25, 0.3) is 0 Å². The molecule has 0 amide bonds. The van der Waals surface area contributed by atoms with E-state index in [0.717, 1.165) is 11.0 Å². The third-order valence-electron chi connectivity index (χ3n) is 2.11. The molecule has 0 spiro atoms. The molecule has 0 heterocycles. The van der Waals surface area contributed by atoms with Crippen LogP contribution in [0.5, 0.6) is 0 Å². The highest BCUT2D eigenvalue weighted by atomic mass is 32.1. The van der Waals surface area contributed by atoms with Crippen LogP contribution in [0.3, 0.4) is 0 Å². The van der Waals surface area contributed by atoms with E-state index < -0.39 is 0 Å². The summed E-state index contributed by atoms with van der Waals surface area (Å²) in [5, 5.41) is 0. The van der Waals surface area contributed by atoms with Crippen LogP contribution in [0.15, 0.2) is 30.3 Å². The minimum absolute atomic E-state index is 0.0463. The normalized spacial score (nSPS) is 11.4. The molecule has 0 fully saturated rings. The van der Waals surface area contributed by atoms with Gasteiger partial charge in [-0.1, -0.05) is 51.1 Å². The summed E-state index contributed by atoms with van der Waals surface area (Å²) in [6, 6.07) is 10.6. The highest BCUT2D eigenvalue weighted by Gasteiger charge is 2.06. The average molecular weight is 284 g/mol. The molecule has 0 saturated heterocycles. The maximum atomic E-state index is 4.75. The number of rotatable bonds is 2. The Morgan fingerprint density at radius 1 is 1.11 bits per heavy atom. The summed E-state index contributed by atoms with van der Waals surface area (Å²) in [6.45, 7) is 7.15. The van der Waals surface area contributed by atoms with Gasteiger partial charge in [-0.3, -0.25) is 0 Å². The van der Waals surface area contributed by atoms with Crippen molar-refractivity contribution in [1.82, 2.24) is 0 Å². The largest absolute Gasteiger partial charge is 0.432 e. The molecule has 0 atom stereocenters. The number of quaternary nitrogens is 1. The second-order valence-corrected chi connectivity index (χ2v) is 7.55. The van der Waals surface area contributed by atoms with Crippen LogP contribution < -0.4 is 0 Å². The van der Waals surface area contributed by atoms with Crippen molar-refractivity contribution in [3.05, 3.63) is 35.9 Å². The van der Waals surface area contributed by atoms with Gasteiger partial charge in [0, 0.05) is 5.56 Å². The smallest absolute Gasteiger partial charge is 0.104 e. The molecule has 1 aromatic rings. The third kappa shape index (κ3) is 9.51. The van der Waals surface area contributed by atoms with Gasteiger partial charge in [-0.05, 0) is 5.41 Å². The minimum atomic E-state index is 0.0463. The molecule has 0 N–H and O–H groups in total. The summed E-state index contributed by atoms with van der Waals surface area (Å²) in [5.41, 5.74) is 1.45. The molecule has 1 nitrogen and oxygen atoms in total. The quantitative estimate of drug-likeness (QED) is 0.460. The Morgan fingerprint density at radius 2 is 1.50 bits per heavy atom. The van der Waals surface area contributed by atoms with Crippen LogP contribution in [0.2, 0.25) is 0 Å². The zero-order chi connectivity index (χ0) is 14.4. The second-order valence-electron chi connectivity index (χ2n) is 6.47. The van der Waals surface area contributed by atoms with Crippen molar-refractivity contribution in [1.29, 1.82) is 0 Å². The minimum Gasteiger partial charge on any atom is -0.432 e. The molecule has 3 heteroatoms. The molecular weight excluding hydrogens is 258 g/mol. The molecule has 1 rings (SSSR count). The lowest BCUT2D eigenvalue weighted by atomic mass is 10.0. The Morgan fingerprint density at radius 3 is 1.78 bits per heavy atom. The number of nitrogens with zero attached hydrogens (tertiary/aromatic N) is 1. The van der Waals surface area contributed by atoms with Crippen molar-refractivity contribution in [3.63, 3.8) is 0 Å². The molecule has 0 unspecified atom stereocenters. The lowest BCUT2D eigenvalue weighted by Gasteiger charge is -2.23. The maximum absolute atomic E-state index is 4.75. The van der Waals surface area contributed by atoms with Crippen molar-refractivity contribution < 1.29 is 4.48 Å². The second kappa shape index (κ2) is 7.17. The lowest BCUT2D eigenvalue weighted by Crippen LogP contribution is -2.33. The number of benzene rings is 1. The summed E-state index contributed by atoms with van der Waals surface area (Å²) in [5.74, 6) is 0. The highest BCUT2D eigenvalue weighted by Crippen LogP contribution is 2.14. The molecule has 0 bridgehead atoms. The van der Waals surface area contributed by atoms with Crippen molar-refractivity contribution in [2.45, 2.75) is 27.3 Å². The Balaban J connectivity index is 0.000000360. The monoisotopic (exact) mass is 283 g/mol. The first kappa shape index (κ1) is 17.5. The van der Waals surface area contributed by atoms with Crippen LogP contribution in [0.4, 0.5) is 0 Å². The topological polar surface area (TPSA) is 0 Å². The van der Waals surface area contributed by atoms with E-state index in [0.29, 0.717) is 4.20 Å². The van der Waals surface area contributed by atoms with Gasteiger partial charge < -0.3 is 29.3 Å². The molecular formula is C15H25NS2. The molecule has 0 aliphatic heterocycles. The van der Waals surface area contributed by atoms with Crippen molar-refractivity contribution in [3.8, 4) is 0 Å². The van der Waals surface area contributed by atoms with Gasteiger partial charge in [0.05, 0.1) is 21.1 Å². The maximum Gasteiger partial charge on any atom is 0.104 e. The van der Waals surface area contributed by atoms with Crippen molar-refractivity contribution in [2.75, 3.05) is 21.1 Å². The molecule has 0 aliphatic rings. The summed E-state index contributed by atoms with van der Waals surface area (Å²) < 4.78 is 1.65. The standard InChI is InChI=1S/C10H16N.C5H10S2/c1-11(2,3)9-10-7-5-4-6-8-10;1-5(2,3)4(6)7/h4-8H,9H2,1-3H3;1-3H3,(H,6,7)/q+1;/p-1. The number of thiocarbonyl (C=S) groups is 1. The van der Waals surface area contributed by atoms with Crippen LogP contribution in [0.1, 0.15) is 26.3 Å². The van der Waals surface area contributed by atoms with Gasteiger partial charge in [0.2, 0.25) is 0 Å². The highest BCUT2D eigenvalue weighted by molar-refractivity contribution is 8.00. The Bertz CT molecular complexity index is 358. The summed E-state index contributed by atoms with van der Waals surface area (Å²) in [7, 11) is 6.60. The molecule has 18 heavy (non-hydrogen) atoms. The average Bonchev–Trinajstić information content (AvgIpc) is 2.15. The van der Waals surface area contributed by atoms with E-state index in [1.807, 2.05) is 20.8 Å². The van der Waals surface area contributed by atoms with Gasteiger partial charge in [0.1, 0.15) is 6.54 Å². The van der Waals surface area contributed by atoms with Gasteiger partial charge in [-0.2, -0.15) is 0 Å². The van der Waals surface area contributed by atoms with Crippen LogP contribution in [0, 0.1) is 5.41 Å². The molecule has 102 valence electrons. The summed E-state index contributed by atoms with van der Waals surface area (Å²) in [6.07, 6.45) is 0. The predicted molar refractivity (Wildman–Crippen MR) is 87.6 cm³/mol. The molecule has 0 aromatic heterocycles. The van der Waals surface area contributed by atoms with Crippen LogP contribution >= 0.6 is 12.2 Å². The van der Waals surface area contributed by atoms with Gasteiger partial charge >= 0.3 is 0 Å². The zero-order valence-electron chi connectivity index (χ0n) is 12.4. The van der Waals surface area contributed by atoms with E-state index in [2.05, 4.69) is 51.5 Å². The van der Waals surface area contributed by atoms with Gasteiger partial charge in [0.25, 0.3) is 0 Å². The zero-order valence-corrected chi connectivity index (χ0v) is 14.0. The van der Waals surface area contributed by atoms with Crippen LogP contribution in [-0.4, -0.2) is 29.8 Å². The predicted octanol–water partition coefficient (Wildman–Crippen LogP) is 3.80. The van der Waals surface area contributed by atoms with E-state index in [1.54, 1.807) is 0 Å². The van der Waals surface area contributed by atoms with Gasteiger partial charge in [0.15, 0.2) is 0 Å². The van der Waals surface area contributed by atoms with Crippen molar-refractivity contribution >= 4 is 29.0 Å². The molecule has 1 aromatic carbocycles. The van der Waals surface area contributed by atoms with E-state index in [4.69, 9.17) is 24.8 Å². The molecule has 0 saturated carbocycles. The fourth-order valence-corrected chi connectivity index (χ4v) is 1.13. The summed E-state index contributed by atoms with van der Waals surface area (Å²) in [4.78, 5) is 0. The Kier molecular flexibility index (Phi) is 6.97. The first-order valence-corrected chi connectivity index (χ1v) is 6.90. The Hall–Kier alpha value is -0.510. The van der Waals surface area contributed by atoms with E-state index in [1.165, 1.54) is 5.56 Å².